The molecule has 0 heterocycles. The van der Waals surface area contributed by atoms with E-state index in [-0.39, 0.29) is 0 Å². The summed E-state index contributed by atoms with van der Waals surface area (Å²) in [7, 11) is 0. The summed E-state index contributed by atoms with van der Waals surface area (Å²) in [5.41, 5.74) is 0. The molecule has 0 N–H and O–H groups in total. The van der Waals surface area contributed by atoms with E-state index < -0.39 is 20.1 Å². The summed E-state index contributed by atoms with van der Waals surface area (Å²) in [4.78, 5) is 0. The molecule has 14 heavy (non-hydrogen) atoms. The molecular formula is C9H21O4Sb. The van der Waals surface area contributed by atoms with Gasteiger partial charge in [0.1, 0.15) is 0 Å². The minimum atomic E-state index is -4.21. The summed E-state index contributed by atoms with van der Waals surface area (Å²) >= 11 is -4.21. The topological polar surface area (TPSA) is 44.8 Å². The zero-order chi connectivity index (χ0) is 10.9. The molecule has 5 heteroatoms. The Bertz CT molecular complexity index is 144. The molecule has 0 aliphatic rings. The van der Waals surface area contributed by atoms with Gasteiger partial charge in [0.15, 0.2) is 0 Å². The standard InChI is InChI=1S/3C3H7O.O.Sb/c3*1-2-3-4;;/h3*2-3H2,1H3;;/q3*-1;;+3. The molecule has 0 spiro atoms. The average Bonchev–Trinajstić information content (AvgIpc) is 2.21. The van der Waals surface area contributed by atoms with Crippen LogP contribution in [0, 0.1) is 0 Å². The first-order valence-electron chi connectivity index (χ1n) is 5.22. The van der Waals surface area contributed by atoms with Crippen LogP contribution in [0.2, 0.25) is 0 Å². The molecular weight excluding hydrogens is 294 g/mol. The van der Waals surface area contributed by atoms with E-state index in [2.05, 4.69) is 0 Å². The molecule has 0 fully saturated rings. The van der Waals surface area contributed by atoms with Crippen LogP contribution in [-0.2, 0) is 12.1 Å². The third-order valence-corrected chi connectivity index (χ3v) is 5.63. The number of hydrogen-bond acceptors (Lipinski definition) is 4. The van der Waals surface area contributed by atoms with Crippen molar-refractivity contribution in [3.8, 4) is 0 Å². The minimum absolute atomic E-state index is 0.447. The van der Waals surface area contributed by atoms with Crippen molar-refractivity contribution < 1.29 is 12.1 Å². The zero-order valence-corrected chi connectivity index (χ0v) is 11.9. The van der Waals surface area contributed by atoms with Crippen LogP contribution in [0.4, 0.5) is 0 Å². The quantitative estimate of drug-likeness (QED) is 0.612. The van der Waals surface area contributed by atoms with Gasteiger partial charge in [-0.25, -0.2) is 0 Å². The molecule has 0 saturated heterocycles. The summed E-state index contributed by atoms with van der Waals surface area (Å²) in [5.74, 6) is 0. The van der Waals surface area contributed by atoms with Crippen LogP contribution in [0.3, 0.4) is 0 Å². The van der Waals surface area contributed by atoms with Gasteiger partial charge in [-0.15, -0.1) is 0 Å². The SMILES string of the molecule is CCC[O][Sb](=[O])([O]CCC)[O]CCC. The average molecular weight is 315 g/mol. The monoisotopic (exact) mass is 314 g/mol. The number of rotatable bonds is 9. The van der Waals surface area contributed by atoms with Gasteiger partial charge in [-0.2, -0.15) is 0 Å². The van der Waals surface area contributed by atoms with Crippen molar-refractivity contribution in [3.63, 3.8) is 0 Å². The van der Waals surface area contributed by atoms with Gasteiger partial charge in [-0.1, -0.05) is 0 Å². The van der Waals surface area contributed by atoms with Gasteiger partial charge in [0.2, 0.25) is 0 Å². The first-order chi connectivity index (χ1) is 6.68. The van der Waals surface area contributed by atoms with Crippen LogP contribution in [0.25, 0.3) is 0 Å². The Morgan fingerprint density at radius 3 is 1.29 bits per heavy atom. The summed E-state index contributed by atoms with van der Waals surface area (Å²) in [6.07, 6.45) is 2.47. The van der Waals surface area contributed by atoms with Crippen molar-refractivity contribution in [1.82, 2.24) is 0 Å². The molecule has 4 nitrogen and oxygen atoms in total. The van der Waals surface area contributed by atoms with Crippen LogP contribution in [0.1, 0.15) is 40.0 Å². The van der Waals surface area contributed by atoms with Crippen molar-refractivity contribution in [2.24, 2.45) is 0 Å². The summed E-state index contributed by atoms with van der Waals surface area (Å²) in [6, 6.07) is 0. The predicted octanol–water partition coefficient (Wildman–Crippen LogP) is 2.13. The van der Waals surface area contributed by atoms with E-state index in [1.54, 1.807) is 0 Å². The fourth-order valence-electron chi connectivity index (χ4n) is 0.721. The van der Waals surface area contributed by atoms with Crippen LogP contribution in [0.5, 0.6) is 0 Å². The molecule has 0 aromatic heterocycles. The van der Waals surface area contributed by atoms with E-state index >= 15 is 0 Å². The van der Waals surface area contributed by atoms with Gasteiger partial charge in [-0.05, 0) is 0 Å². The maximum atomic E-state index is 11.9. The van der Waals surface area contributed by atoms with Crippen LogP contribution < -0.4 is 0 Å². The van der Waals surface area contributed by atoms with E-state index in [9.17, 15) is 3.02 Å². The Labute approximate surface area is 92.0 Å². The second kappa shape index (κ2) is 8.78. The van der Waals surface area contributed by atoms with E-state index in [1.807, 2.05) is 20.8 Å². The molecule has 0 aromatic carbocycles. The van der Waals surface area contributed by atoms with E-state index in [4.69, 9.17) is 9.05 Å². The fourth-order valence-corrected chi connectivity index (χ4v) is 4.84. The van der Waals surface area contributed by atoms with Gasteiger partial charge < -0.3 is 0 Å². The number of hydrogen-bond donors (Lipinski definition) is 0. The maximum absolute atomic E-state index is 11.9. The Morgan fingerprint density at radius 1 is 0.786 bits per heavy atom. The van der Waals surface area contributed by atoms with Crippen LogP contribution in [-0.4, -0.2) is 39.9 Å². The third-order valence-electron chi connectivity index (χ3n) is 1.36. The van der Waals surface area contributed by atoms with Crippen LogP contribution in [0.15, 0.2) is 0 Å². The second-order valence-corrected chi connectivity index (χ2v) is 7.71. The Kier molecular flexibility index (Phi) is 9.09. The fraction of sp³-hybridized carbons (Fsp3) is 1.00. The van der Waals surface area contributed by atoms with E-state index in [0.29, 0.717) is 19.8 Å². The zero-order valence-electron chi connectivity index (χ0n) is 9.32. The summed E-state index contributed by atoms with van der Waals surface area (Å²) < 4.78 is 27.5. The summed E-state index contributed by atoms with van der Waals surface area (Å²) in [6.45, 7) is 7.23. The van der Waals surface area contributed by atoms with Gasteiger partial charge in [0.25, 0.3) is 0 Å². The second-order valence-electron chi connectivity index (χ2n) is 2.95. The predicted molar refractivity (Wildman–Crippen MR) is 55.2 cm³/mol. The molecule has 0 aliphatic heterocycles. The van der Waals surface area contributed by atoms with E-state index in [0.717, 1.165) is 19.3 Å². The van der Waals surface area contributed by atoms with Crippen molar-refractivity contribution in [3.05, 3.63) is 0 Å². The normalized spacial score (nSPS) is 11.9. The van der Waals surface area contributed by atoms with Crippen molar-refractivity contribution in [1.29, 1.82) is 0 Å². The molecule has 0 unspecified atom stereocenters. The van der Waals surface area contributed by atoms with Crippen LogP contribution >= 0.6 is 0 Å². The molecule has 0 rings (SSSR count). The molecule has 86 valence electrons. The van der Waals surface area contributed by atoms with Crippen molar-refractivity contribution in [2.75, 3.05) is 19.8 Å². The van der Waals surface area contributed by atoms with Gasteiger partial charge in [-0.3, -0.25) is 0 Å². The van der Waals surface area contributed by atoms with Gasteiger partial charge >= 0.3 is 92.0 Å². The molecule has 0 atom stereocenters. The Balaban J connectivity index is 3.97. The molecule has 0 aliphatic carbocycles. The van der Waals surface area contributed by atoms with Crippen molar-refractivity contribution >= 4 is 20.1 Å². The van der Waals surface area contributed by atoms with Crippen molar-refractivity contribution in [2.45, 2.75) is 40.0 Å². The van der Waals surface area contributed by atoms with E-state index in [1.165, 1.54) is 0 Å². The molecule has 0 saturated carbocycles. The molecule has 0 aromatic rings. The first kappa shape index (κ1) is 14.5. The Morgan fingerprint density at radius 2 is 1.07 bits per heavy atom. The molecule has 0 radical (unpaired) electrons. The van der Waals surface area contributed by atoms with Gasteiger partial charge in [0, 0.05) is 0 Å². The molecule has 0 bridgehead atoms. The Hall–Kier alpha value is 0.498. The summed E-state index contributed by atoms with van der Waals surface area (Å²) in [5, 5.41) is 0. The first-order valence-corrected chi connectivity index (χ1v) is 9.39. The molecule has 0 amide bonds. The van der Waals surface area contributed by atoms with Gasteiger partial charge in [0.05, 0.1) is 0 Å². The third kappa shape index (κ3) is 6.88.